The zero-order chi connectivity index (χ0) is 25.9. The maximum absolute atomic E-state index is 11.2. The number of amidine groups is 2. The van der Waals surface area contributed by atoms with Gasteiger partial charge in [0.15, 0.2) is 23.2 Å². The summed E-state index contributed by atoms with van der Waals surface area (Å²) in [4.78, 5) is 15.4. The first-order valence-corrected chi connectivity index (χ1v) is 10.7. The van der Waals surface area contributed by atoms with Crippen molar-refractivity contribution in [1.29, 1.82) is 5.41 Å². The summed E-state index contributed by atoms with van der Waals surface area (Å²) >= 11 is 0. The molecule has 1 heterocycles. The number of hydrazine groups is 1. The minimum atomic E-state index is -0.722. The maximum atomic E-state index is 11.2. The number of nitroso groups, excluding NO2 is 1. The molecule has 1 atom stereocenters. The van der Waals surface area contributed by atoms with Crippen LogP contribution in [0.1, 0.15) is 17.2 Å². The zero-order valence-corrected chi connectivity index (χ0v) is 19.6. The number of methoxy groups -OCH3 is 1. The van der Waals surface area contributed by atoms with Gasteiger partial charge in [0.2, 0.25) is 0 Å². The summed E-state index contributed by atoms with van der Waals surface area (Å²) in [5.74, 6) is 1.39. The Morgan fingerprint density at radius 2 is 2.00 bits per heavy atom. The molecule has 2 aromatic carbocycles. The Kier molecular flexibility index (Phi) is 8.76. The smallest absolute Gasteiger partial charge is 0.174 e. The monoisotopic (exact) mass is 489 g/mol. The molecular weight excluding hydrogens is 462 g/mol. The van der Waals surface area contributed by atoms with E-state index in [2.05, 4.69) is 38.1 Å². The van der Waals surface area contributed by atoms with E-state index in [1.165, 1.54) is 7.11 Å². The predicted molar refractivity (Wildman–Crippen MR) is 141 cm³/mol. The van der Waals surface area contributed by atoms with Crippen LogP contribution in [0, 0.1) is 10.3 Å². The minimum absolute atomic E-state index is 0.0523. The lowest BCUT2D eigenvalue weighted by atomic mass is 10.0. The number of nitrogen functional groups attached to an aromatic ring is 2. The number of anilines is 3. The lowest BCUT2D eigenvalue weighted by Crippen LogP contribution is -2.37. The highest BCUT2D eigenvalue weighted by molar-refractivity contribution is 5.95. The zero-order valence-electron chi connectivity index (χ0n) is 19.6. The Balaban J connectivity index is 2.01. The van der Waals surface area contributed by atoms with Crippen LogP contribution in [0.25, 0.3) is 0 Å². The Hall–Kier alpha value is -5.13. The second-order valence-electron chi connectivity index (χ2n) is 7.34. The summed E-state index contributed by atoms with van der Waals surface area (Å²) in [5.41, 5.74) is 19.5. The topological polar surface area (TPSA) is 185 Å². The van der Waals surface area contributed by atoms with Gasteiger partial charge in [-0.1, -0.05) is 23.8 Å². The summed E-state index contributed by atoms with van der Waals surface area (Å²) < 4.78 is 11.1. The third-order valence-electron chi connectivity index (χ3n) is 4.95. The minimum Gasteiger partial charge on any atom is -0.493 e. The number of nitrogens with one attached hydrogen (secondary N) is 4. The fourth-order valence-corrected chi connectivity index (χ4v) is 3.20. The highest BCUT2D eigenvalue weighted by Gasteiger charge is 2.22. The Bertz CT molecular complexity index is 1250. The first kappa shape index (κ1) is 25.5. The summed E-state index contributed by atoms with van der Waals surface area (Å²) in [6, 6.07) is 14.8. The lowest BCUT2D eigenvalue weighted by molar-refractivity contribution is 0.326. The standard InChI is InChI=1S/C24H27N9O3/c1-3-13-36-20-14-16(8-11-19(20)35-2)21(29-17-9-6-15(7-10-17)22(26)27)24(32-33-34)31-30-23-18(25)5-4-12-28-23/h3-12,14,21,29H,1,13,25H2,2H3,(H3,26,27)(H,28,30)(H,31,32,34). The number of hydrogen-bond donors (Lipinski definition) is 6. The molecule has 0 aliphatic carbocycles. The molecule has 0 saturated heterocycles. The number of pyridine rings is 1. The van der Waals surface area contributed by atoms with Crippen molar-refractivity contribution in [1.82, 2.24) is 10.4 Å². The van der Waals surface area contributed by atoms with E-state index in [1.54, 1.807) is 66.9 Å². The van der Waals surface area contributed by atoms with Crippen LogP contribution in [0.5, 0.6) is 11.5 Å². The molecule has 1 aromatic heterocycles. The highest BCUT2D eigenvalue weighted by atomic mass is 16.5. The lowest BCUT2D eigenvalue weighted by Gasteiger charge is -2.24. The molecular formula is C24H27N9O3. The van der Waals surface area contributed by atoms with Gasteiger partial charge in [0, 0.05) is 17.4 Å². The predicted octanol–water partition coefficient (Wildman–Crippen LogP) is 3.37. The fraction of sp³-hybridized carbons (Fsp3) is 0.125. The molecule has 0 bridgehead atoms. The summed E-state index contributed by atoms with van der Waals surface area (Å²) in [6.07, 6.45) is 3.18. The molecule has 3 aromatic rings. The van der Waals surface area contributed by atoms with Gasteiger partial charge in [0.1, 0.15) is 18.5 Å². The van der Waals surface area contributed by atoms with Crippen molar-refractivity contribution in [3.8, 4) is 11.5 Å². The molecule has 8 N–H and O–H groups in total. The van der Waals surface area contributed by atoms with Gasteiger partial charge >= 0.3 is 0 Å². The normalized spacial score (nSPS) is 11.6. The first-order chi connectivity index (χ1) is 17.5. The Labute approximate surface area is 207 Å². The van der Waals surface area contributed by atoms with Crippen molar-refractivity contribution < 1.29 is 9.47 Å². The number of nitrogens with zero attached hydrogens (tertiary/aromatic N) is 3. The molecule has 0 aliphatic heterocycles. The van der Waals surface area contributed by atoms with Crippen molar-refractivity contribution in [2.24, 2.45) is 16.1 Å². The number of nitrogens with two attached hydrogens (primary N) is 2. The van der Waals surface area contributed by atoms with E-state index in [1.807, 2.05) is 0 Å². The van der Waals surface area contributed by atoms with Crippen LogP contribution in [-0.4, -0.2) is 30.4 Å². The van der Waals surface area contributed by atoms with Gasteiger partial charge in [-0.25, -0.2) is 4.98 Å². The van der Waals surface area contributed by atoms with Crippen LogP contribution in [-0.2, 0) is 0 Å². The van der Waals surface area contributed by atoms with Gasteiger partial charge in [-0.15, -0.1) is 4.91 Å². The van der Waals surface area contributed by atoms with Crippen molar-refractivity contribution >= 4 is 28.9 Å². The molecule has 12 heteroatoms. The second kappa shape index (κ2) is 12.4. The van der Waals surface area contributed by atoms with Gasteiger partial charge in [0.25, 0.3) is 0 Å². The van der Waals surface area contributed by atoms with E-state index in [0.29, 0.717) is 39.8 Å². The summed E-state index contributed by atoms with van der Waals surface area (Å²) in [6.45, 7) is 3.94. The Morgan fingerprint density at radius 3 is 2.64 bits per heavy atom. The molecule has 0 spiro atoms. The summed E-state index contributed by atoms with van der Waals surface area (Å²) in [5, 5.41) is 17.4. The van der Waals surface area contributed by atoms with Crippen molar-refractivity contribution in [2.45, 2.75) is 6.04 Å². The van der Waals surface area contributed by atoms with Gasteiger partial charge in [0.05, 0.1) is 18.1 Å². The van der Waals surface area contributed by atoms with Crippen molar-refractivity contribution in [2.75, 3.05) is 30.2 Å². The van der Waals surface area contributed by atoms with Crippen molar-refractivity contribution in [3.05, 3.63) is 89.5 Å². The quantitative estimate of drug-likeness (QED) is 0.0729. The average molecular weight is 490 g/mol. The molecule has 12 nitrogen and oxygen atoms in total. The molecule has 186 valence electrons. The molecule has 3 rings (SSSR count). The number of ether oxygens (including phenoxy) is 2. The van der Waals surface area contributed by atoms with E-state index in [-0.39, 0.29) is 18.3 Å². The first-order valence-electron chi connectivity index (χ1n) is 10.7. The van der Waals surface area contributed by atoms with Crippen LogP contribution in [0.4, 0.5) is 17.2 Å². The number of hydrogen-bond acceptors (Lipinski definition) is 9. The molecule has 0 radical (unpaired) electrons. The van der Waals surface area contributed by atoms with Gasteiger partial charge in [-0.2, -0.15) is 0 Å². The van der Waals surface area contributed by atoms with Crippen LogP contribution < -0.4 is 37.1 Å². The summed E-state index contributed by atoms with van der Waals surface area (Å²) in [7, 11) is 1.54. The van der Waals surface area contributed by atoms with Crippen molar-refractivity contribution in [3.63, 3.8) is 0 Å². The fourth-order valence-electron chi connectivity index (χ4n) is 3.20. The third-order valence-corrected chi connectivity index (χ3v) is 4.95. The van der Waals surface area contributed by atoms with Gasteiger partial charge in [-0.3, -0.25) is 16.3 Å². The van der Waals surface area contributed by atoms with E-state index >= 15 is 0 Å². The molecule has 0 aliphatic rings. The molecule has 0 amide bonds. The van der Waals surface area contributed by atoms with Crippen LogP contribution in [0.3, 0.4) is 0 Å². The maximum Gasteiger partial charge on any atom is 0.174 e. The largest absolute Gasteiger partial charge is 0.493 e. The molecule has 36 heavy (non-hydrogen) atoms. The highest BCUT2D eigenvalue weighted by Crippen LogP contribution is 2.32. The third kappa shape index (κ3) is 6.47. The van der Waals surface area contributed by atoms with Crippen LogP contribution in [0.2, 0.25) is 0 Å². The molecule has 0 fully saturated rings. The number of benzene rings is 2. The van der Waals surface area contributed by atoms with E-state index in [9.17, 15) is 4.91 Å². The Morgan fingerprint density at radius 1 is 1.22 bits per heavy atom. The number of aromatic nitrogens is 1. The van der Waals surface area contributed by atoms with E-state index < -0.39 is 6.04 Å². The van der Waals surface area contributed by atoms with Gasteiger partial charge in [-0.05, 0) is 54.1 Å². The van der Waals surface area contributed by atoms with Crippen LogP contribution in [0.15, 0.2) is 83.8 Å². The number of rotatable bonds is 12. The average Bonchev–Trinajstić information content (AvgIpc) is 2.89. The van der Waals surface area contributed by atoms with Crippen LogP contribution >= 0.6 is 0 Å². The molecule has 1 unspecified atom stereocenters. The van der Waals surface area contributed by atoms with E-state index in [4.69, 9.17) is 26.4 Å². The van der Waals surface area contributed by atoms with Gasteiger partial charge < -0.3 is 26.3 Å². The molecule has 0 saturated carbocycles. The SMILES string of the molecule is C=CCOc1cc(C(Nc2ccc(C(=N)N)cc2)/C(=N/N=O)NNc2ncccc2N)ccc1OC. The van der Waals surface area contributed by atoms with E-state index in [0.717, 1.165) is 0 Å². The second-order valence-corrected chi connectivity index (χ2v) is 7.34.